The maximum Gasteiger partial charge on any atom is 0.233 e. The van der Waals surface area contributed by atoms with Gasteiger partial charge in [0.1, 0.15) is 0 Å². The van der Waals surface area contributed by atoms with Gasteiger partial charge in [0.15, 0.2) is 11.0 Å². The van der Waals surface area contributed by atoms with Crippen molar-refractivity contribution in [3.63, 3.8) is 0 Å². The molecule has 1 amide bonds. The molecule has 7 heteroatoms. The van der Waals surface area contributed by atoms with Crippen molar-refractivity contribution in [3.8, 4) is 17.1 Å². The van der Waals surface area contributed by atoms with Gasteiger partial charge in [-0.05, 0) is 31.5 Å². The SMILES string of the molecule is C=CCNC(=O)[C@@H](C)Sc1nnc(-c2c[nH]c3ccccc23)n1-c1ccccc1C. The molecule has 0 unspecified atom stereocenters. The van der Waals surface area contributed by atoms with E-state index in [9.17, 15) is 4.79 Å². The van der Waals surface area contributed by atoms with Gasteiger partial charge in [-0.3, -0.25) is 9.36 Å². The number of thioether (sulfide) groups is 1. The van der Waals surface area contributed by atoms with Crippen LogP contribution in [-0.2, 0) is 4.79 Å². The fourth-order valence-corrected chi connectivity index (χ4v) is 4.22. The van der Waals surface area contributed by atoms with Gasteiger partial charge in [0, 0.05) is 29.2 Å². The zero-order valence-electron chi connectivity index (χ0n) is 16.9. The summed E-state index contributed by atoms with van der Waals surface area (Å²) in [5, 5.41) is 13.3. The third-order valence-electron chi connectivity index (χ3n) is 4.89. The van der Waals surface area contributed by atoms with Gasteiger partial charge < -0.3 is 10.3 Å². The molecule has 6 nitrogen and oxygen atoms in total. The second-order valence-electron chi connectivity index (χ2n) is 6.97. The Balaban J connectivity index is 1.81. The van der Waals surface area contributed by atoms with Crippen LogP contribution in [0.25, 0.3) is 28.0 Å². The molecule has 2 aromatic heterocycles. The highest BCUT2D eigenvalue weighted by Gasteiger charge is 2.23. The number of hydrogen-bond donors (Lipinski definition) is 2. The lowest BCUT2D eigenvalue weighted by Crippen LogP contribution is -2.31. The van der Waals surface area contributed by atoms with E-state index >= 15 is 0 Å². The summed E-state index contributed by atoms with van der Waals surface area (Å²) in [6.07, 6.45) is 3.62. The summed E-state index contributed by atoms with van der Waals surface area (Å²) in [6, 6.07) is 16.2. The molecule has 2 N–H and O–H groups in total. The van der Waals surface area contributed by atoms with Crippen LogP contribution in [0, 0.1) is 6.92 Å². The molecule has 30 heavy (non-hydrogen) atoms. The molecule has 0 saturated carbocycles. The highest BCUT2D eigenvalue weighted by Crippen LogP contribution is 2.34. The van der Waals surface area contributed by atoms with Crippen molar-refractivity contribution in [1.29, 1.82) is 0 Å². The van der Waals surface area contributed by atoms with E-state index in [0.29, 0.717) is 11.7 Å². The second-order valence-corrected chi connectivity index (χ2v) is 8.28. The highest BCUT2D eigenvalue weighted by atomic mass is 32.2. The summed E-state index contributed by atoms with van der Waals surface area (Å²) >= 11 is 1.39. The average Bonchev–Trinajstić information content (AvgIpc) is 3.36. The molecule has 2 heterocycles. The molecule has 2 aromatic carbocycles. The van der Waals surface area contributed by atoms with Crippen molar-refractivity contribution in [2.45, 2.75) is 24.3 Å². The molecule has 0 fully saturated rings. The maximum absolute atomic E-state index is 12.4. The number of nitrogens with one attached hydrogen (secondary N) is 2. The first kappa shape index (κ1) is 20.0. The van der Waals surface area contributed by atoms with Crippen molar-refractivity contribution in [2.75, 3.05) is 6.54 Å². The Kier molecular flexibility index (Phi) is 5.72. The number of amides is 1. The van der Waals surface area contributed by atoms with Gasteiger partial charge in [-0.25, -0.2) is 0 Å². The monoisotopic (exact) mass is 417 g/mol. The highest BCUT2D eigenvalue weighted by molar-refractivity contribution is 8.00. The van der Waals surface area contributed by atoms with Crippen LogP contribution in [0.15, 0.2) is 72.5 Å². The number of fused-ring (bicyclic) bond motifs is 1. The molecule has 4 aromatic rings. The molecule has 0 radical (unpaired) electrons. The minimum atomic E-state index is -0.326. The van der Waals surface area contributed by atoms with Gasteiger partial charge in [0.2, 0.25) is 5.91 Å². The van der Waals surface area contributed by atoms with Crippen LogP contribution in [0.1, 0.15) is 12.5 Å². The minimum Gasteiger partial charge on any atom is -0.360 e. The van der Waals surface area contributed by atoms with Gasteiger partial charge in [0.05, 0.1) is 10.9 Å². The predicted molar refractivity (Wildman–Crippen MR) is 122 cm³/mol. The smallest absolute Gasteiger partial charge is 0.233 e. The number of H-pyrrole nitrogens is 1. The molecular weight excluding hydrogens is 394 g/mol. The summed E-state index contributed by atoms with van der Waals surface area (Å²) in [5.74, 6) is 0.677. The standard InChI is InChI=1S/C23H23N5OS/c1-4-13-24-22(29)16(3)30-23-27-26-21(28(23)20-12-8-5-9-15(20)2)18-14-25-19-11-7-6-10-17(18)19/h4-12,14,16,25H,1,13H2,2-3H3,(H,24,29)/t16-/m1/s1. The van der Waals surface area contributed by atoms with Gasteiger partial charge >= 0.3 is 0 Å². The molecule has 0 aliphatic rings. The fourth-order valence-electron chi connectivity index (χ4n) is 3.34. The summed E-state index contributed by atoms with van der Waals surface area (Å²) in [6.45, 7) is 8.01. The Labute approximate surface area is 179 Å². The molecular formula is C23H23N5OS. The quantitative estimate of drug-likeness (QED) is 0.343. The number of aromatic nitrogens is 4. The number of para-hydroxylation sites is 2. The Morgan fingerprint density at radius 2 is 2.00 bits per heavy atom. The van der Waals surface area contributed by atoms with Crippen molar-refractivity contribution in [3.05, 3.63) is 72.9 Å². The van der Waals surface area contributed by atoms with Gasteiger partial charge in [-0.2, -0.15) is 0 Å². The maximum atomic E-state index is 12.4. The zero-order chi connectivity index (χ0) is 21.1. The molecule has 0 bridgehead atoms. The average molecular weight is 418 g/mol. The number of benzene rings is 2. The number of aryl methyl sites for hydroxylation is 1. The first-order valence-corrected chi connectivity index (χ1v) is 10.6. The molecule has 4 rings (SSSR count). The number of carbonyl (C=O) groups is 1. The lowest BCUT2D eigenvalue weighted by molar-refractivity contribution is -0.120. The number of nitrogens with zero attached hydrogens (tertiary/aromatic N) is 3. The van der Waals surface area contributed by atoms with Crippen molar-refractivity contribution >= 4 is 28.6 Å². The van der Waals surface area contributed by atoms with Gasteiger partial charge in [-0.15, -0.1) is 16.8 Å². The van der Waals surface area contributed by atoms with Crippen molar-refractivity contribution in [2.24, 2.45) is 0 Å². The van der Waals surface area contributed by atoms with E-state index in [2.05, 4.69) is 46.1 Å². The van der Waals surface area contributed by atoms with Crippen LogP contribution < -0.4 is 5.32 Å². The summed E-state index contributed by atoms with van der Waals surface area (Å²) in [7, 11) is 0. The van der Waals surface area contributed by atoms with E-state index in [1.807, 2.05) is 54.1 Å². The molecule has 152 valence electrons. The first-order valence-electron chi connectivity index (χ1n) is 9.73. The van der Waals surface area contributed by atoms with E-state index in [1.165, 1.54) is 11.8 Å². The number of hydrogen-bond acceptors (Lipinski definition) is 4. The van der Waals surface area contributed by atoms with E-state index in [4.69, 9.17) is 0 Å². The van der Waals surface area contributed by atoms with Crippen LogP contribution in [0.3, 0.4) is 0 Å². The summed E-state index contributed by atoms with van der Waals surface area (Å²) in [4.78, 5) is 15.7. The normalized spacial score (nSPS) is 12.1. The van der Waals surface area contributed by atoms with Gasteiger partial charge in [0.25, 0.3) is 0 Å². The Morgan fingerprint density at radius 3 is 2.80 bits per heavy atom. The van der Waals surface area contributed by atoms with E-state index in [-0.39, 0.29) is 11.2 Å². The number of carbonyl (C=O) groups excluding carboxylic acids is 1. The Hall–Kier alpha value is -3.32. The topological polar surface area (TPSA) is 75.6 Å². The lowest BCUT2D eigenvalue weighted by atomic mass is 10.1. The van der Waals surface area contributed by atoms with E-state index in [1.54, 1.807) is 6.08 Å². The van der Waals surface area contributed by atoms with Crippen LogP contribution in [0.4, 0.5) is 0 Å². The molecule has 0 aliphatic carbocycles. The van der Waals surface area contributed by atoms with Crippen LogP contribution in [0.2, 0.25) is 0 Å². The van der Waals surface area contributed by atoms with E-state index < -0.39 is 0 Å². The summed E-state index contributed by atoms with van der Waals surface area (Å²) < 4.78 is 2.03. The number of aromatic amines is 1. The fraction of sp³-hybridized carbons (Fsp3) is 0.174. The van der Waals surface area contributed by atoms with Crippen LogP contribution in [0.5, 0.6) is 0 Å². The summed E-state index contributed by atoms with van der Waals surface area (Å²) in [5.41, 5.74) is 4.10. The van der Waals surface area contributed by atoms with E-state index in [0.717, 1.165) is 33.5 Å². The minimum absolute atomic E-state index is 0.0622. The molecule has 0 saturated heterocycles. The van der Waals surface area contributed by atoms with Gasteiger partial charge in [-0.1, -0.05) is 54.2 Å². The molecule has 1 atom stereocenters. The lowest BCUT2D eigenvalue weighted by Gasteiger charge is -2.15. The third-order valence-corrected chi connectivity index (χ3v) is 5.93. The molecule has 0 spiro atoms. The third kappa shape index (κ3) is 3.76. The van der Waals surface area contributed by atoms with Crippen molar-refractivity contribution in [1.82, 2.24) is 25.1 Å². The zero-order valence-corrected chi connectivity index (χ0v) is 17.7. The first-order chi connectivity index (χ1) is 14.6. The van der Waals surface area contributed by atoms with Crippen LogP contribution in [-0.4, -0.2) is 37.5 Å². The number of rotatable bonds is 7. The van der Waals surface area contributed by atoms with Crippen LogP contribution >= 0.6 is 11.8 Å². The predicted octanol–water partition coefficient (Wildman–Crippen LogP) is 4.51. The second kappa shape index (κ2) is 8.59. The van der Waals surface area contributed by atoms with Crippen molar-refractivity contribution < 1.29 is 4.79 Å². The Bertz CT molecular complexity index is 1210. The Morgan fingerprint density at radius 1 is 1.23 bits per heavy atom. The largest absolute Gasteiger partial charge is 0.360 e. The molecule has 0 aliphatic heterocycles.